The van der Waals surface area contributed by atoms with Crippen molar-refractivity contribution in [3.05, 3.63) is 0 Å². The van der Waals surface area contributed by atoms with Crippen molar-refractivity contribution in [2.45, 2.75) is 12.5 Å². The molecule has 3 nitrogen and oxygen atoms in total. The normalized spacial score (nSPS) is 27.0. The average Bonchev–Trinajstić information content (AvgIpc) is 1.81. The lowest BCUT2D eigenvalue weighted by Gasteiger charge is -2.42. The molecule has 9 heavy (non-hydrogen) atoms. The Labute approximate surface area is 55.2 Å². The maximum atomic E-state index is 9.54. The molecule has 4 N–H and O–H groups in total. The van der Waals surface area contributed by atoms with E-state index in [0.29, 0.717) is 19.6 Å². The molecule has 0 amide bonds. The zero-order chi connectivity index (χ0) is 6.91. The molecule has 0 saturated carbocycles. The van der Waals surface area contributed by atoms with Gasteiger partial charge in [0, 0.05) is 13.1 Å². The quantitative estimate of drug-likeness (QED) is 0.445. The van der Waals surface area contributed by atoms with Crippen molar-refractivity contribution in [1.82, 2.24) is 5.32 Å². The lowest BCUT2D eigenvalue weighted by Crippen LogP contribution is -2.64. The van der Waals surface area contributed by atoms with Crippen molar-refractivity contribution in [2.75, 3.05) is 19.6 Å². The van der Waals surface area contributed by atoms with Crippen molar-refractivity contribution in [3.8, 4) is 0 Å². The van der Waals surface area contributed by atoms with E-state index in [1.54, 1.807) is 0 Å². The van der Waals surface area contributed by atoms with Gasteiger partial charge in [-0.1, -0.05) is 6.92 Å². The van der Waals surface area contributed by atoms with E-state index in [0.717, 1.165) is 0 Å². The van der Waals surface area contributed by atoms with Gasteiger partial charge in [-0.15, -0.1) is 0 Å². The highest BCUT2D eigenvalue weighted by molar-refractivity contribution is 4.96. The van der Waals surface area contributed by atoms with Crippen LogP contribution in [0.3, 0.4) is 0 Å². The Hall–Kier alpha value is -0.120. The molecule has 0 spiro atoms. The second-order valence-corrected chi connectivity index (χ2v) is 2.84. The SMILES string of the molecule is CC(CN)C1(O)CNC1. The molecule has 1 fully saturated rings. The highest BCUT2D eigenvalue weighted by Gasteiger charge is 2.38. The predicted molar refractivity (Wildman–Crippen MR) is 36.0 cm³/mol. The van der Waals surface area contributed by atoms with Crippen LogP contribution in [-0.4, -0.2) is 30.3 Å². The van der Waals surface area contributed by atoms with Crippen LogP contribution in [-0.2, 0) is 0 Å². The molecule has 0 aromatic carbocycles. The zero-order valence-corrected chi connectivity index (χ0v) is 5.72. The monoisotopic (exact) mass is 130 g/mol. The van der Waals surface area contributed by atoms with E-state index in [2.05, 4.69) is 5.32 Å². The van der Waals surface area contributed by atoms with E-state index >= 15 is 0 Å². The molecule has 0 bridgehead atoms. The van der Waals surface area contributed by atoms with Crippen LogP contribution in [0.5, 0.6) is 0 Å². The number of β-amino-alcohol motifs (C(OH)–C–C–N with tert-alkyl or cyclic N) is 1. The van der Waals surface area contributed by atoms with Gasteiger partial charge in [0.1, 0.15) is 0 Å². The summed E-state index contributed by atoms with van der Waals surface area (Å²) < 4.78 is 0. The van der Waals surface area contributed by atoms with Crippen LogP contribution >= 0.6 is 0 Å². The predicted octanol–water partition coefficient (Wildman–Crippen LogP) is -1.08. The summed E-state index contributed by atoms with van der Waals surface area (Å²) in [6, 6.07) is 0. The molecule has 0 radical (unpaired) electrons. The van der Waals surface area contributed by atoms with Gasteiger partial charge in [-0.05, 0) is 12.5 Å². The first kappa shape index (κ1) is 6.99. The van der Waals surface area contributed by atoms with Crippen molar-refractivity contribution in [1.29, 1.82) is 0 Å². The Morgan fingerprint density at radius 3 is 2.44 bits per heavy atom. The highest BCUT2D eigenvalue weighted by atomic mass is 16.3. The summed E-state index contributed by atoms with van der Waals surface area (Å²) in [5.41, 5.74) is 4.87. The first-order valence-electron chi connectivity index (χ1n) is 3.32. The Balaban J connectivity index is 2.38. The second kappa shape index (κ2) is 2.25. The summed E-state index contributed by atoms with van der Waals surface area (Å²) in [4.78, 5) is 0. The molecule has 0 aromatic heterocycles. The summed E-state index contributed by atoms with van der Waals surface area (Å²) in [6.07, 6.45) is 0. The minimum absolute atomic E-state index is 0.221. The zero-order valence-electron chi connectivity index (χ0n) is 5.72. The minimum atomic E-state index is -0.505. The number of rotatable bonds is 2. The largest absolute Gasteiger partial charge is 0.387 e. The molecular weight excluding hydrogens is 116 g/mol. The lowest BCUT2D eigenvalue weighted by molar-refractivity contribution is -0.0524. The van der Waals surface area contributed by atoms with Gasteiger partial charge in [0.15, 0.2) is 0 Å². The number of hydrogen-bond donors (Lipinski definition) is 3. The first-order chi connectivity index (χ1) is 4.19. The fourth-order valence-corrected chi connectivity index (χ4v) is 0.949. The summed E-state index contributed by atoms with van der Waals surface area (Å²) in [7, 11) is 0. The molecule has 54 valence electrons. The molecule has 1 heterocycles. The van der Waals surface area contributed by atoms with E-state index in [1.165, 1.54) is 0 Å². The van der Waals surface area contributed by atoms with Crippen LogP contribution in [0.2, 0.25) is 0 Å². The molecule has 1 rings (SSSR count). The van der Waals surface area contributed by atoms with Crippen LogP contribution in [0.4, 0.5) is 0 Å². The van der Waals surface area contributed by atoms with Crippen LogP contribution in [0.1, 0.15) is 6.92 Å². The van der Waals surface area contributed by atoms with Crippen molar-refractivity contribution in [2.24, 2.45) is 11.7 Å². The van der Waals surface area contributed by atoms with Crippen LogP contribution in [0.25, 0.3) is 0 Å². The number of aliphatic hydroxyl groups is 1. The number of hydrogen-bond acceptors (Lipinski definition) is 3. The van der Waals surface area contributed by atoms with E-state index < -0.39 is 5.60 Å². The van der Waals surface area contributed by atoms with Gasteiger partial charge < -0.3 is 16.2 Å². The highest BCUT2D eigenvalue weighted by Crippen LogP contribution is 2.19. The molecule has 1 unspecified atom stereocenters. The fourth-order valence-electron chi connectivity index (χ4n) is 0.949. The molecule has 3 heteroatoms. The number of nitrogens with one attached hydrogen (secondary N) is 1. The third-order valence-electron chi connectivity index (χ3n) is 2.13. The van der Waals surface area contributed by atoms with E-state index in [1.807, 2.05) is 6.92 Å². The van der Waals surface area contributed by atoms with E-state index in [-0.39, 0.29) is 5.92 Å². The Bertz CT molecular complexity index is 101. The van der Waals surface area contributed by atoms with Crippen molar-refractivity contribution < 1.29 is 5.11 Å². The summed E-state index contributed by atoms with van der Waals surface area (Å²) >= 11 is 0. The molecule has 1 saturated heterocycles. The van der Waals surface area contributed by atoms with Gasteiger partial charge in [-0.2, -0.15) is 0 Å². The lowest BCUT2D eigenvalue weighted by atomic mass is 9.84. The summed E-state index contributed by atoms with van der Waals surface area (Å²) in [6.45, 7) is 3.94. The first-order valence-corrected chi connectivity index (χ1v) is 3.32. The Kier molecular flexibility index (Phi) is 1.75. The van der Waals surface area contributed by atoms with Gasteiger partial charge in [0.05, 0.1) is 5.60 Å². The van der Waals surface area contributed by atoms with Gasteiger partial charge in [0.25, 0.3) is 0 Å². The van der Waals surface area contributed by atoms with Gasteiger partial charge >= 0.3 is 0 Å². The summed E-state index contributed by atoms with van der Waals surface area (Å²) in [5.74, 6) is 0.221. The van der Waals surface area contributed by atoms with Crippen LogP contribution in [0, 0.1) is 5.92 Å². The Morgan fingerprint density at radius 1 is 1.78 bits per heavy atom. The van der Waals surface area contributed by atoms with Gasteiger partial charge in [-0.25, -0.2) is 0 Å². The minimum Gasteiger partial charge on any atom is -0.387 e. The van der Waals surface area contributed by atoms with Gasteiger partial charge in [-0.3, -0.25) is 0 Å². The third kappa shape index (κ3) is 1.08. The second-order valence-electron chi connectivity index (χ2n) is 2.84. The van der Waals surface area contributed by atoms with E-state index in [4.69, 9.17) is 5.73 Å². The number of nitrogens with two attached hydrogens (primary N) is 1. The molecule has 1 aliphatic heterocycles. The van der Waals surface area contributed by atoms with Gasteiger partial charge in [0.2, 0.25) is 0 Å². The van der Waals surface area contributed by atoms with Crippen molar-refractivity contribution in [3.63, 3.8) is 0 Å². The molecule has 1 aliphatic rings. The fraction of sp³-hybridized carbons (Fsp3) is 1.00. The smallest absolute Gasteiger partial charge is 0.0932 e. The molecule has 0 aromatic rings. The Morgan fingerprint density at radius 2 is 2.33 bits per heavy atom. The van der Waals surface area contributed by atoms with Crippen LogP contribution in [0.15, 0.2) is 0 Å². The molecule has 1 atom stereocenters. The maximum absolute atomic E-state index is 9.54. The summed E-state index contributed by atoms with van der Waals surface area (Å²) in [5, 5.41) is 12.5. The third-order valence-corrected chi connectivity index (χ3v) is 2.13. The average molecular weight is 130 g/mol. The molecular formula is C6H14N2O. The maximum Gasteiger partial charge on any atom is 0.0932 e. The van der Waals surface area contributed by atoms with Crippen LogP contribution < -0.4 is 11.1 Å². The topological polar surface area (TPSA) is 58.3 Å². The van der Waals surface area contributed by atoms with E-state index in [9.17, 15) is 5.11 Å². The van der Waals surface area contributed by atoms with Crippen molar-refractivity contribution >= 4 is 0 Å². The molecule has 0 aliphatic carbocycles. The standard InChI is InChI=1S/C6H14N2O/c1-5(2-7)6(9)3-8-4-6/h5,8-9H,2-4,7H2,1H3.